The second-order valence-corrected chi connectivity index (χ2v) is 8.45. The van der Waals surface area contributed by atoms with E-state index >= 15 is 0 Å². The molecule has 26 heavy (non-hydrogen) atoms. The van der Waals surface area contributed by atoms with E-state index in [4.69, 9.17) is 0 Å². The molecule has 130 valence electrons. The van der Waals surface area contributed by atoms with E-state index in [0.29, 0.717) is 9.50 Å². The minimum atomic E-state index is -0.440. The summed E-state index contributed by atoms with van der Waals surface area (Å²) in [6.45, 7) is 2.02. The number of nitrogens with zero attached hydrogens (tertiary/aromatic N) is 5. The number of thiazole rings is 1. The number of hydrogen-bond donors (Lipinski definition) is 0. The van der Waals surface area contributed by atoms with Gasteiger partial charge in [-0.05, 0) is 59.2 Å². The Morgan fingerprint density at radius 3 is 2.81 bits per heavy atom. The highest BCUT2D eigenvalue weighted by molar-refractivity contribution is 8.01. The normalized spacial score (nSPS) is 11.0. The van der Waals surface area contributed by atoms with Crippen LogP contribution >= 0.6 is 34.4 Å². The lowest BCUT2D eigenvalue weighted by molar-refractivity contribution is -0.380. The van der Waals surface area contributed by atoms with Crippen molar-refractivity contribution in [2.24, 2.45) is 0 Å². The summed E-state index contributed by atoms with van der Waals surface area (Å²) >= 11 is 3.87. The summed E-state index contributed by atoms with van der Waals surface area (Å²) in [4.78, 5) is 15.6. The molecule has 0 saturated heterocycles. The van der Waals surface area contributed by atoms with E-state index in [9.17, 15) is 10.1 Å². The van der Waals surface area contributed by atoms with Gasteiger partial charge in [0.05, 0.1) is 15.5 Å². The van der Waals surface area contributed by atoms with Crippen LogP contribution < -0.4 is 0 Å². The summed E-state index contributed by atoms with van der Waals surface area (Å²) in [6.07, 6.45) is 1.26. The fourth-order valence-electron chi connectivity index (χ4n) is 2.36. The van der Waals surface area contributed by atoms with Gasteiger partial charge in [-0.1, -0.05) is 18.2 Å². The standard InChI is InChI=1S/C16H11N5O2S3/c1-10-4-2-5-11(8-10)20-14(12-6-3-7-24-12)18-19-15(20)26-16-17-9-13(25-16)21(22)23/h2-9H,1H3. The molecule has 0 bridgehead atoms. The summed E-state index contributed by atoms with van der Waals surface area (Å²) in [6, 6.07) is 12.0. The smallest absolute Gasteiger partial charge is 0.269 e. The molecule has 7 nitrogen and oxygen atoms in total. The predicted octanol–water partition coefficient (Wildman–Crippen LogP) is 4.82. The lowest BCUT2D eigenvalue weighted by Crippen LogP contribution is -1.99. The number of aromatic nitrogens is 4. The Labute approximate surface area is 160 Å². The predicted molar refractivity (Wildman–Crippen MR) is 102 cm³/mol. The molecule has 0 fully saturated rings. The average molecular weight is 401 g/mol. The minimum Gasteiger partial charge on any atom is -0.269 e. The van der Waals surface area contributed by atoms with Crippen LogP contribution in [0.3, 0.4) is 0 Å². The van der Waals surface area contributed by atoms with Gasteiger partial charge in [0.25, 0.3) is 0 Å². The highest BCUT2D eigenvalue weighted by atomic mass is 32.2. The molecule has 0 N–H and O–H groups in total. The van der Waals surface area contributed by atoms with E-state index in [1.807, 2.05) is 47.2 Å². The van der Waals surface area contributed by atoms with E-state index in [1.54, 1.807) is 11.3 Å². The zero-order valence-electron chi connectivity index (χ0n) is 13.4. The molecule has 0 aliphatic heterocycles. The van der Waals surface area contributed by atoms with Crippen molar-refractivity contribution in [1.29, 1.82) is 0 Å². The minimum absolute atomic E-state index is 0.00704. The van der Waals surface area contributed by atoms with E-state index in [-0.39, 0.29) is 5.00 Å². The van der Waals surface area contributed by atoms with E-state index in [0.717, 1.165) is 33.3 Å². The molecule has 1 aromatic carbocycles. The van der Waals surface area contributed by atoms with Crippen LogP contribution in [0.25, 0.3) is 16.4 Å². The number of nitro groups is 1. The summed E-state index contributed by atoms with van der Waals surface area (Å²) in [5.74, 6) is 0.735. The van der Waals surface area contributed by atoms with E-state index < -0.39 is 4.92 Å². The SMILES string of the molecule is Cc1cccc(-n2c(Sc3ncc([N+](=O)[O-])s3)nnc2-c2cccs2)c1. The third-order valence-corrected chi connectivity index (χ3v) is 6.30. The lowest BCUT2D eigenvalue weighted by Gasteiger charge is -2.09. The maximum absolute atomic E-state index is 10.9. The van der Waals surface area contributed by atoms with Crippen molar-refractivity contribution in [3.05, 3.63) is 63.7 Å². The molecule has 4 rings (SSSR count). The van der Waals surface area contributed by atoms with Crippen molar-refractivity contribution < 1.29 is 4.92 Å². The van der Waals surface area contributed by atoms with Gasteiger partial charge in [-0.2, -0.15) is 0 Å². The third-order valence-electron chi connectivity index (χ3n) is 3.47. The van der Waals surface area contributed by atoms with Crippen molar-refractivity contribution in [3.8, 4) is 16.4 Å². The van der Waals surface area contributed by atoms with Gasteiger partial charge in [-0.25, -0.2) is 4.98 Å². The number of hydrogen-bond acceptors (Lipinski definition) is 8. The number of rotatable bonds is 5. The molecular formula is C16H11N5O2S3. The largest absolute Gasteiger partial charge is 0.344 e. The van der Waals surface area contributed by atoms with Gasteiger partial charge in [0.2, 0.25) is 5.16 Å². The number of aryl methyl sites for hydroxylation is 1. The zero-order valence-corrected chi connectivity index (χ0v) is 15.8. The Bertz CT molecular complexity index is 1070. The molecule has 0 aliphatic carbocycles. The zero-order chi connectivity index (χ0) is 18.1. The molecule has 0 aliphatic rings. The molecule has 4 aromatic rings. The third kappa shape index (κ3) is 3.26. The van der Waals surface area contributed by atoms with Crippen LogP contribution in [0.4, 0.5) is 5.00 Å². The first-order chi connectivity index (χ1) is 12.6. The van der Waals surface area contributed by atoms with Crippen LogP contribution in [0.15, 0.2) is 57.5 Å². The van der Waals surface area contributed by atoms with Crippen molar-refractivity contribution in [2.45, 2.75) is 16.4 Å². The van der Waals surface area contributed by atoms with Crippen LogP contribution in [0.2, 0.25) is 0 Å². The van der Waals surface area contributed by atoms with Gasteiger partial charge in [-0.15, -0.1) is 21.5 Å². The van der Waals surface area contributed by atoms with Gasteiger partial charge in [0.1, 0.15) is 6.20 Å². The molecule has 0 atom stereocenters. The Morgan fingerprint density at radius 2 is 2.12 bits per heavy atom. The van der Waals surface area contributed by atoms with Gasteiger partial charge in [-0.3, -0.25) is 14.7 Å². The Balaban J connectivity index is 1.80. The van der Waals surface area contributed by atoms with Gasteiger partial charge < -0.3 is 0 Å². The highest BCUT2D eigenvalue weighted by Gasteiger charge is 2.20. The molecular weight excluding hydrogens is 390 g/mol. The first kappa shape index (κ1) is 16.9. The average Bonchev–Trinajstić information content (AvgIpc) is 3.35. The number of thiophene rings is 1. The first-order valence-electron chi connectivity index (χ1n) is 7.46. The fraction of sp³-hybridized carbons (Fsp3) is 0.0625. The van der Waals surface area contributed by atoms with Crippen LogP contribution in [-0.4, -0.2) is 24.7 Å². The molecule has 3 heterocycles. The summed E-state index contributed by atoms with van der Waals surface area (Å²) in [5, 5.41) is 22.2. The lowest BCUT2D eigenvalue weighted by atomic mass is 10.2. The number of benzene rings is 1. The van der Waals surface area contributed by atoms with Crippen molar-refractivity contribution in [2.75, 3.05) is 0 Å². The van der Waals surface area contributed by atoms with Crippen LogP contribution in [0.5, 0.6) is 0 Å². The van der Waals surface area contributed by atoms with Gasteiger partial charge in [0.15, 0.2) is 10.2 Å². The van der Waals surface area contributed by atoms with Crippen molar-refractivity contribution in [1.82, 2.24) is 19.7 Å². The molecule has 0 unspecified atom stereocenters. The fourth-order valence-corrected chi connectivity index (χ4v) is 4.80. The second kappa shape index (κ2) is 6.98. The molecule has 0 saturated carbocycles. The maximum Gasteiger partial charge on any atom is 0.344 e. The quantitative estimate of drug-likeness (QED) is 0.352. The Morgan fingerprint density at radius 1 is 1.23 bits per heavy atom. The summed E-state index contributed by atoms with van der Waals surface area (Å²) in [7, 11) is 0. The van der Waals surface area contributed by atoms with Crippen LogP contribution in [0.1, 0.15) is 5.56 Å². The summed E-state index contributed by atoms with van der Waals surface area (Å²) in [5.41, 5.74) is 2.06. The van der Waals surface area contributed by atoms with E-state index in [2.05, 4.69) is 21.2 Å². The van der Waals surface area contributed by atoms with Gasteiger partial charge >= 0.3 is 5.00 Å². The van der Waals surface area contributed by atoms with E-state index in [1.165, 1.54) is 18.0 Å². The molecule has 0 amide bonds. The molecule has 10 heteroatoms. The monoisotopic (exact) mass is 401 g/mol. The molecule has 3 aromatic heterocycles. The summed E-state index contributed by atoms with van der Waals surface area (Å²) < 4.78 is 2.51. The van der Waals surface area contributed by atoms with Crippen molar-refractivity contribution in [3.63, 3.8) is 0 Å². The molecule has 0 spiro atoms. The van der Waals surface area contributed by atoms with Crippen LogP contribution in [0, 0.1) is 17.0 Å². The highest BCUT2D eigenvalue weighted by Crippen LogP contribution is 2.37. The Hall–Kier alpha value is -2.56. The van der Waals surface area contributed by atoms with Crippen molar-refractivity contribution >= 4 is 39.4 Å². The maximum atomic E-state index is 10.9. The Kier molecular flexibility index (Phi) is 4.53. The van der Waals surface area contributed by atoms with Crippen LogP contribution in [-0.2, 0) is 0 Å². The topological polar surface area (TPSA) is 86.7 Å². The first-order valence-corrected chi connectivity index (χ1v) is 9.97. The second-order valence-electron chi connectivity index (χ2n) is 5.28. The molecule has 0 radical (unpaired) electrons. The van der Waals surface area contributed by atoms with Gasteiger partial charge in [0, 0.05) is 0 Å².